The number of carboxylic acid groups (broad SMARTS) is 1. The molecule has 0 saturated heterocycles. The van der Waals surface area contributed by atoms with E-state index in [0.29, 0.717) is 28.2 Å². The molecular formula is C23H23N5O4. The normalized spacial score (nSPS) is 16.5. The molecule has 164 valence electrons. The molecular weight excluding hydrogens is 410 g/mol. The number of aromatic amines is 1. The Bertz CT molecular complexity index is 1210. The number of rotatable bonds is 8. The molecule has 0 spiro atoms. The van der Waals surface area contributed by atoms with Crippen molar-refractivity contribution in [1.29, 1.82) is 0 Å². The van der Waals surface area contributed by atoms with Crippen LogP contribution in [0.25, 0.3) is 11.2 Å². The fourth-order valence-corrected chi connectivity index (χ4v) is 3.81. The summed E-state index contributed by atoms with van der Waals surface area (Å²) in [6.07, 6.45) is 7.24. The first-order chi connectivity index (χ1) is 15.5. The molecule has 2 heterocycles. The lowest BCUT2D eigenvalue weighted by molar-refractivity contribution is -0.123. The predicted octanol–water partition coefficient (Wildman–Crippen LogP) is 2.36. The van der Waals surface area contributed by atoms with E-state index in [1.807, 2.05) is 0 Å². The highest BCUT2D eigenvalue weighted by Crippen LogP contribution is 2.39. The Hall–Kier alpha value is -3.75. The fraction of sp³-hybridized carbons (Fsp3) is 0.348. The van der Waals surface area contributed by atoms with Crippen molar-refractivity contribution < 1.29 is 19.5 Å². The van der Waals surface area contributed by atoms with Gasteiger partial charge in [0.25, 0.3) is 5.91 Å². The largest absolute Gasteiger partial charge is 0.478 e. The van der Waals surface area contributed by atoms with Crippen LogP contribution < -0.4 is 10.6 Å². The fourth-order valence-electron chi connectivity index (χ4n) is 3.81. The summed E-state index contributed by atoms with van der Waals surface area (Å²) in [7, 11) is 0. The van der Waals surface area contributed by atoms with Gasteiger partial charge < -0.3 is 20.7 Å². The molecule has 2 aromatic heterocycles. The minimum atomic E-state index is -1.02. The van der Waals surface area contributed by atoms with Crippen molar-refractivity contribution in [1.82, 2.24) is 25.6 Å². The number of carboxylic acids is 1. The van der Waals surface area contributed by atoms with Crippen molar-refractivity contribution in [3.05, 3.63) is 59.0 Å². The highest BCUT2D eigenvalue weighted by molar-refractivity contribution is 6.06. The maximum Gasteiger partial charge on any atom is 0.335 e. The molecule has 0 radical (unpaired) electrons. The van der Waals surface area contributed by atoms with E-state index in [-0.39, 0.29) is 29.8 Å². The topological polar surface area (TPSA) is 137 Å². The molecule has 1 unspecified atom stereocenters. The highest BCUT2D eigenvalue weighted by atomic mass is 16.4. The van der Waals surface area contributed by atoms with Gasteiger partial charge in [0.1, 0.15) is 11.6 Å². The molecule has 5 rings (SSSR count). The Morgan fingerprint density at radius 2 is 2.00 bits per heavy atom. The lowest BCUT2D eigenvalue weighted by atomic mass is 10.1. The van der Waals surface area contributed by atoms with Gasteiger partial charge in [0, 0.05) is 18.7 Å². The Labute approximate surface area is 183 Å². The van der Waals surface area contributed by atoms with Crippen molar-refractivity contribution >= 4 is 28.9 Å². The third kappa shape index (κ3) is 4.18. The average Bonchev–Trinajstić information content (AvgIpc) is 3.72. The van der Waals surface area contributed by atoms with E-state index in [2.05, 4.69) is 25.6 Å². The lowest BCUT2D eigenvalue weighted by Gasteiger charge is -2.18. The van der Waals surface area contributed by atoms with E-state index >= 15 is 0 Å². The van der Waals surface area contributed by atoms with Crippen LogP contribution in [-0.2, 0) is 11.3 Å². The van der Waals surface area contributed by atoms with Crippen LogP contribution >= 0.6 is 0 Å². The number of nitrogens with zero attached hydrogens (tertiary/aromatic N) is 2. The molecule has 0 bridgehead atoms. The Morgan fingerprint density at radius 1 is 1.19 bits per heavy atom. The molecule has 9 heteroatoms. The molecule has 2 aliphatic rings. The van der Waals surface area contributed by atoms with Gasteiger partial charge >= 0.3 is 5.97 Å². The van der Waals surface area contributed by atoms with E-state index in [1.54, 1.807) is 24.5 Å². The number of amides is 2. The summed E-state index contributed by atoms with van der Waals surface area (Å²) in [5.41, 5.74) is 3.18. The summed E-state index contributed by atoms with van der Waals surface area (Å²) in [4.78, 5) is 49.0. The van der Waals surface area contributed by atoms with Crippen LogP contribution in [0.3, 0.4) is 0 Å². The molecule has 2 fully saturated rings. The lowest BCUT2D eigenvalue weighted by Crippen LogP contribution is -2.47. The molecule has 4 N–H and O–H groups in total. The van der Waals surface area contributed by atoms with Crippen molar-refractivity contribution in [2.75, 3.05) is 0 Å². The molecule has 32 heavy (non-hydrogen) atoms. The van der Waals surface area contributed by atoms with Crippen molar-refractivity contribution in [2.45, 2.75) is 44.2 Å². The monoisotopic (exact) mass is 433 g/mol. The molecule has 3 aromatic rings. The third-order valence-corrected chi connectivity index (χ3v) is 5.94. The summed E-state index contributed by atoms with van der Waals surface area (Å²) in [5.74, 6) is -1.16. The van der Waals surface area contributed by atoms with Gasteiger partial charge in [-0.1, -0.05) is 12.1 Å². The second-order valence-corrected chi connectivity index (χ2v) is 8.48. The molecule has 1 aromatic carbocycles. The van der Waals surface area contributed by atoms with Gasteiger partial charge in [-0.05, 0) is 49.3 Å². The van der Waals surface area contributed by atoms with E-state index in [9.17, 15) is 14.4 Å². The van der Waals surface area contributed by atoms with Crippen molar-refractivity contribution in [3.63, 3.8) is 0 Å². The number of benzene rings is 1. The van der Waals surface area contributed by atoms with Gasteiger partial charge in [-0.25, -0.2) is 14.8 Å². The van der Waals surface area contributed by atoms with Gasteiger partial charge in [-0.15, -0.1) is 0 Å². The molecule has 2 aliphatic carbocycles. The van der Waals surface area contributed by atoms with Crippen LogP contribution in [0.15, 0.2) is 36.7 Å². The first-order valence-electron chi connectivity index (χ1n) is 10.7. The first-order valence-corrected chi connectivity index (χ1v) is 10.7. The van der Waals surface area contributed by atoms with Gasteiger partial charge in [-0.3, -0.25) is 9.59 Å². The Kier molecular flexibility index (Phi) is 5.08. The van der Waals surface area contributed by atoms with Crippen LogP contribution in [0, 0.1) is 5.92 Å². The highest BCUT2D eigenvalue weighted by Gasteiger charge is 2.38. The van der Waals surface area contributed by atoms with Gasteiger partial charge in [-0.2, -0.15) is 0 Å². The minimum absolute atomic E-state index is 0.0858. The number of hydrogen-bond acceptors (Lipinski definition) is 5. The quantitative estimate of drug-likeness (QED) is 0.430. The van der Waals surface area contributed by atoms with Crippen LogP contribution in [-0.4, -0.2) is 43.9 Å². The summed E-state index contributed by atoms with van der Waals surface area (Å²) in [5, 5.41) is 14.8. The van der Waals surface area contributed by atoms with Gasteiger partial charge in [0.15, 0.2) is 5.65 Å². The molecule has 2 amide bonds. The van der Waals surface area contributed by atoms with Crippen molar-refractivity contribution in [2.24, 2.45) is 5.92 Å². The smallest absolute Gasteiger partial charge is 0.335 e. The van der Waals surface area contributed by atoms with Crippen molar-refractivity contribution in [3.8, 4) is 0 Å². The van der Waals surface area contributed by atoms with E-state index in [0.717, 1.165) is 31.4 Å². The zero-order valence-electron chi connectivity index (χ0n) is 17.3. The number of fused-ring (bicyclic) bond motifs is 1. The average molecular weight is 433 g/mol. The number of carbonyl (C=O) groups excluding carboxylic acids is 2. The van der Waals surface area contributed by atoms with E-state index in [4.69, 9.17) is 5.11 Å². The summed E-state index contributed by atoms with van der Waals surface area (Å²) in [6, 6.07) is 5.75. The molecule has 1 atom stereocenters. The molecule has 9 nitrogen and oxygen atoms in total. The third-order valence-electron chi connectivity index (χ3n) is 5.94. The zero-order valence-corrected chi connectivity index (χ0v) is 17.3. The molecule has 0 aliphatic heterocycles. The number of carbonyl (C=O) groups is 3. The number of H-pyrrole nitrogens is 1. The SMILES string of the molecule is O=C(O)c1cccc(CNC(=O)C(NC(=O)c2c[nH]c3ncc(C4CC4)nc23)C2CC2)c1. The van der Waals surface area contributed by atoms with Crippen LogP contribution in [0.4, 0.5) is 0 Å². The first kappa shape index (κ1) is 20.2. The predicted molar refractivity (Wildman–Crippen MR) is 115 cm³/mol. The number of hydrogen-bond donors (Lipinski definition) is 4. The minimum Gasteiger partial charge on any atom is -0.478 e. The maximum atomic E-state index is 13.0. The molecule has 2 saturated carbocycles. The zero-order chi connectivity index (χ0) is 22.2. The van der Waals surface area contributed by atoms with E-state index < -0.39 is 12.0 Å². The van der Waals surface area contributed by atoms with Gasteiger partial charge in [0.05, 0.1) is 23.0 Å². The Balaban J connectivity index is 1.28. The van der Waals surface area contributed by atoms with Gasteiger partial charge in [0.2, 0.25) is 5.91 Å². The van der Waals surface area contributed by atoms with Crippen LogP contribution in [0.2, 0.25) is 0 Å². The van der Waals surface area contributed by atoms with Crippen LogP contribution in [0.1, 0.15) is 63.6 Å². The summed E-state index contributed by atoms with van der Waals surface area (Å²) < 4.78 is 0. The second kappa shape index (κ2) is 8.07. The summed E-state index contributed by atoms with van der Waals surface area (Å²) >= 11 is 0. The Morgan fingerprint density at radius 3 is 2.72 bits per heavy atom. The van der Waals surface area contributed by atoms with E-state index in [1.165, 1.54) is 12.1 Å². The number of aromatic carboxylic acids is 1. The van der Waals surface area contributed by atoms with Crippen LogP contribution in [0.5, 0.6) is 0 Å². The number of aromatic nitrogens is 3. The second-order valence-electron chi connectivity index (χ2n) is 8.48. The number of nitrogens with one attached hydrogen (secondary N) is 3. The maximum absolute atomic E-state index is 13.0. The standard InChI is InChI=1S/C23H23N5O4/c29-21(16-10-24-20-19(16)27-17(11-25-20)13-4-5-13)28-18(14-6-7-14)22(30)26-9-12-2-1-3-15(8-12)23(31)32/h1-3,8,10-11,13-14,18H,4-7,9H2,(H,24,25)(H,26,30)(H,28,29)(H,31,32). The summed E-state index contributed by atoms with van der Waals surface area (Å²) in [6.45, 7) is 0.183.